The van der Waals surface area contributed by atoms with Crippen molar-refractivity contribution in [2.75, 3.05) is 26.2 Å². The fourth-order valence-electron chi connectivity index (χ4n) is 3.50. The molecule has 3 amide bonds. The molecule has 0 unspecified atom stereocenters. The Labute approximate surface area is 170 Å². The van der Waals surface area contributed by atoms with Gasteiger partial charge in [0.1, 0.15) is 5.76 Å². The van der Waals surface area contributed by atoms with Crippen LogP contribution in [0.1, 0.15) is 17.7 Å². The highest BCUT2D eigenvalue weighted by atomic mass is 16.3. The lowest BCUT2D eigenvalue weighted by Gasteiger charge is -2.38. The molecule has 8 nitrogen and oxygen atoms in total. The molecule has 4 N–H and O–H groups in total. The normalized spacial score (nSPS) is 19.5. The van der Waals surface area contributed by atoms with Crippen LogP contribution in [-0.4, -0.2) is 54.2 Å². The van der Waals surface area contributed by atoms with Gasteiger partial charge >= 0.3 is 6.03 Å². The van der Waals surface area contributed by atoms with Gasteiger partial charge in [-0.05, 0) is 30.7 Å². The number of urea groups is 1. The average molecular weight is 400 g/mol. The van der Waals surface area contributed by atoms with Gasteiger partial charge in [-0.3, -0.25) is 9.69 Å². The quantitative estimate of drug-likeness (QED) is 0.531. The van der Waals surface area contributed by atoms with Crippen molar-refractivity contribution in [1.29, 1.82) is 0 Å². The van der Waals surface area contributed by atoms with Crippen molar-refractivity contribution < 1.29 is 19.1 Å². The van der Waals surface area contributed by atoms with E-state index in [9.17, 15) is 14.7 Å². The Bertz CT molecular complexity index is 766. The molecule has 1 aromatic heterocycles. The lowest BCUT2D eigenvalue weighted by Crippen LogP contribution is -2.55. The zero-order valence-corrected chi connectivity index (χ0v) is 16.3. The summed E-state index contributed by atoms with van der Waals surface area (Å²) in [7, 11) is 0. The van der Waals surface area contributed by atoms with Crippen LogP contribution in [0.4, 0.5) is 4.79 Å². The minimum Gasteiger partial charge on any atom is -0.467 e. The first-order valence-corrected chi connectivity index (χ1v) is 9.84. The molecule has 2 heterocycles. The summed E-state index contributed by atoms with van der Waals surface area (Å²) < 4.78 is 5.14. The molecule has 0 spiro atoms. The third-order valence-electron chi connectivity index (χ3n) is 5.08. The highest BCUT2D eigenvalue weighted by Crippen LogP contribution is 2.19. The summed E-state index contributed by atoms with van der Waals surface area (Å²) in [6.45, 7) is 2.50. The third kappa shape index (κ3) is 6.62. The maximum Gasteiger partial charge on any atom is 0.315 e. The largest absolute Gasteiger partial charge is 0.467 e. The number of nitrogens with one attached hydrogen (secondary N) is 3. The minimum absolute atomic E-state index is 0.0127. The number of piperidine rings is 1. The van der Waals surface area contributed by atoms with Crippen LogP contribution in [0.5, 0.6) is 0 Å². The number of amides is 3. The molecule has 2 atom stereocenters. The van der Waals surface area contributed by atoms with Crippen molar-refractivity contribution in [3.63, 3.8) is 0 Å². The fourth-order valence-corrected chi connectivity index (χ4v) is 3.50. The summed E-state index contributed by atoms with van der Waals surface area (Å²) >= 11 is 0. The van der Waals surface area contributed by atoms with E-state index in [1.807, 2.05) is 18.2 Å². The van der Waals surface area contributed by atoms with E-state index in [0.717, 1.165) is 19.5 Å². The van der Waals surface area contributed by atoms with Gasteiger partial charge in [0.25, 0.3) is 0 Å². The van der Waals surface area contributed by atoms with Crippen molar-refractivity contribution >= 4 is 11.9 Å². The van der Waals surface area contributed by atoms with Gasteiger partial charge in [-0.2, -0.15) is 0 Å². The predicted octanol–water partition coefficient (Wildman–Crippen LogP) is 1.08. The molecule has 29 heavy (non-hydrogen) atoms. The maximum absolute atomic E-state index is 12.3. The van der Waals surface area contributed by atoms with E-state index in [1.165, 1.54) is 11.8 Å². The Kier molecular flexibility index (Phi) is 7.66. The predicted molar refractivity (Wildman–Crippen MR) is 108 cm³/mol. The van der Waals surface area contributed by atoms with E-state index >= 15 is 0 Å². The summed E-state index contributed by atoms with van der Waals surface area (Å²) in [6, 6.07) is 13.1. The number of carbonyl (C=O) groups excluding carboxylic acids is 2. The molecule has 1 aliphatic heterocycles. The van der Waals surface area contributed by atoms with E-state index in [0.29, 0.717) is 12.3 Å². The monoisotopic (exact) mass is 400 g/mol. The molecule has 0 bridgehead atoms. The Balaban J connectivity index is 1.43. The van der Waals surface area contributed by atoms with E-state index in [4.69, 9.17) is 4.42 Å². The summed E-state index contributed by atoms with van der Waals surface area (Å²) in [5, 5.41) is 17.8. The molecule has 1 fully saturated rings. The molecule has 0 aliphatic carbocycles. The van der Waals surface area contributed by atoms with E-state index < -0.39 is 6.03 Å². The number of aliphatic hydroxyl groups excluding tert-OH is 1. The van der Waals surface area contributed by atoms with Gasteiger partial charge in [-0.15, -0.1) is 0 Å². The van der Waals surface area contributed by atoms with Crippen LogP contribution < -0.4 is 16.0 Å². The number of likely N-dealkylation sites (tertiary alicyclic amines) is 1. The molecular weight excluding hydrogens is 372 g/mol. The second-order valence-corrected chi connectivity index (χ2v) is 7.24. The molecule has 1 aliphatic rings. The zero-order valence-electron chi connectivity index (χ0n) is 16.3. The number of hydrogen-bond acceptors (Lipinski definition) is 5. The summed E-state index contributed by atoms with van der Waals surface area (Å²) in [5.41, 5.74) is 1.22. The van der Waals surface area contributed by atoms with Gasteiger partial charge in [-0.1, -0.05) is 30.3 Å². The van der Waals surface area contributed by atoms with Gasteiger partial charge in [0, 0.05) is 31.7 Å². The topological polar surface area (TPSA) is 107 Å². The zero-order chi connectivity index (χ0) is 20.5. The van der Waals surface area contributed by atoms with Crippen molar-refractivity contribution in [2.45, 2.75) is 25.6 Å². The van der Waals surface area contributed by atoms with Crippen LogP contribution in [0, 0.1) is 5.92 Å². The third-order valence-corrected chi connectivity index (χ3v) is 5.08. The number of benzene rings is 1. The van der Waals surface area contributed by atoms with Gasteiger partial charge in [0.15, 0.2) is 0 Å². The number of rotatable bonds is 8. The Morgan fingerprint density at radius 2 is 1.97 bits per heavy atom. The number of hydrogen-bond donors (Lipinski definition) is 4. The molecule has 0 saturated carbocycles. The average Bonchev–Trinajstić information content (AvgIpc) is 3.25. The van der Waals surface area contributed by atoms with Crippen LogP contribution in [0.25, 0.3) is 0 Å². The standard InChI is InChI=1S/C21H28N4O4/c26-15-17-8-9-25(13-16-5-2-1-3-6-16)14-19(17)24-20(27)12-23-21(28)22-11-18-7-4-10-29-18/h1-7,10,17,19,26H,8-9,11-15H2,(H,24,27)(H2,22,23,28)/t17-,19-/m1/s1. The molecule has 156 valence electrons. The fraction of sp³-hybridized carbons (Fsp3) is 0.429. The summed E-state index contributed by atoms with van der Waals surface area (Å²) in [4.78, 5) is 26.4. The number of nitrogens with zero attached hydrogens (tertiary/aromatic N) is 1. The van der Waals surface area contributed by atoms with Gasteiger partial charge in [-0.25, -0.2) is 4.79 Å². The van der Waals surface area contributed by atoms with Gasteiger partial charge < -0.3 is 25.5 Å². The highest BCUT2D eigenvalue weighted by Gasteiger charge is 2.29. The molecule has 8 heteroatoms. The Hall–Kier alpha value is -2.84. The van der Waals surface area contributed by atoms with E-state index in [1.54, 1.807) is 12.1 Å². The molecule has 1 aromatic carbocycles. The summed E-state index contributed by atoms with van der Waals surface area (Å²) in [6.07, 6.45) is 2.34. The molecule has 0 radical (unpaired) electrons. The van der Waals surface area contributed by atoms with Crippen LogP contribution in [0.2, 0.25) is 0 Å². The van der Waals surface area contributed by atoms with E-state index in [-0.39, 0.29) is 37.6 Å². The first kappa shape index (κ1) is 20.9. The van der Waals surface area contributed by atoms with Crippen LogP contribution in [0.15, 0.2) is 53.1 Å². The second-order valence-electron chi connectivity index (χ2n) is 7.24. The van der Waals surface area contributed by atoms with Crippen molar-refractivity contribution in [1.82, 2.24) is 20.9 Å². The molecule has 3 rings (SSSR count). The van der Waals surface area contributed by atoms with Gasteiger partial charge in [0.2, 0.25) is 5.91 Å². The van der Waals surface area contributed by atoms with E-state index in [2.05, 4.69) is 33.0 Å². The van der Waals surface area contributed by atoms with Crippen molar-refractivity contribution in [3.05, 3.63) is 60.1 Å². The van der Waals surface area contributed by atoms with Crippen LogP contribution in [-0.2, 0) is 17.9 Å². The minimum atomic E-state index is -0.440. The first-order chi connectivity index (χ1) is 14.1. The number of furan rings is 1. The molecular formula is C21H28N4O4. The lowest BCUT2D eigenvalue weighted by molar-refractivity contribution is -0.121. The Morgan fingerprint density at radius 1 is 1.14 bits per heavy atom. The van der Waals surface area contributed by atoms with Crippen molar-refractivity contribution in [2.24, 2.45) is 5.92 Å². The summed E-state index contributed by atoms with van der Waals surface area (Å²) in [5.74, 6) is 0.373. The second kappa shape index (κ2) is 10.6. The van der Waals surface area contributed by atoms with Gasteiger partial charge in [0.05, 0.1) is 19.4 Å². The lowest BCUT2D eigenvalue weighted by atomic mass is 9.92. The van der Waals surface area contributed by atoms with Crippen molar-refractivity contribution in [3.8, 4) is 0 Å². The van der Waals surface area contributed by atoms with Crippen LogP contribution in [0.3, 0.4) is 0 Å². The highest BCUT2D eigenvalue weighted by molar-refractivity contribution is 5.84. The number of aliphatic hydroxyl groups is 1. The first-order valence-electron chi connectivity index (χ1n) is 9.84. The molecule has 2 aromatic rings. The molecule has 1 saturated heterocycles. The SMILES string of the molecule is O=C(CNC(=O)NCc1ccco1)N[C@@H]1CN(Cc2ccccc2)CC[C@@H]1CO. The smallest absolute Gasteiger partial charge is 0.315 e. The van der Waals surface area contributed by atoms with Crippen LogP contribution >= 0.6 is 0 Å². The maximum atomic E-state index is 12.3. The number of carbonyl (C=O) groups is 2. The Morgan fingerprint density at radius 3 is 2.69 bits per heavy atom.